The first kappa shape index (κ1) is 8.49. The quantitative estimate of drug-likeness (QED) is 0.523. The van der Waals surface area contributed by atoms with Crippen molar-refractivity contribution in [1.29, 1.82) is 0 Å². The van der Waals surface area contributed by atoms with Crippen molar-refractivity contribution in [3.8, 4) is 0 Å². The van der Waals surface area contributed by atoms with Crippen LogP contribution in [0.5, 0.6) is 0 Å². The molecule has 0 aliphatic carbocycles. The van der Waals surface area contributed by atoms with E-state index in [4.69, 9.17) is 0 Å². The number of carbonyl (C=O) groups is 1. The lowest BCUT2D eigenvalue weighted by Crippen LogP contribution is -2.35. The van der Waals surface area contributed by atoms with Gasteiger partial charge in [0.15, 0.2) is 0 Å². The van der Waals surface area contributed by atoms with Gasteiger partial charge in [-0.3, -0.25) is 4.79 Å². The van der Waals surface area contributed by atoms with Crippen molar-refractivity contribution >= 4 is 5.97 Å². The van der Waals surface area contributed by atoms with E-state index in [-0.39, 0.29) is 5.97 Å². The summed E-state index contributed by atoms with van der Waals surface area (Å²) in [7, 11) is 1.40. The molecule has 0 bridgehead atoms. The predicted octanol–water partition coefficient (Wildman–Crippen LogP) is -0.889. The Balaban J connectivity index is 2.06. The van der Waals surface area contributed by atoms with Crippen molar-refractivity contribution in [3.05, 3.63) is 0 Å². The molecule has 1 aliphatic rings. The van der Waals surface area contributed by atoms with Gasteiger partial charge in [0, 0.05) is 12.6 Å². The Kier molecular flexibility index (Phi) is 3.32. The Morgan fingerprint density at radius 3 is 3.18 bits per heavy atom. The number of nitrogens with one attached hydrogen (secondary N) is 2. The highest BCUT2D eigenvalue weighted by Crippen LogP contribution is 1.95. The maximum Gasteiger partial charge on any atom is 0.319 e. The molecule has 1 atom stereocenters. The van der Waals surface area contributed by atoms with Gasteiger partial charge in [0.05, 0.1) is 13.7 Å². The van der Waals surface area contributed by atoms with Gasteiger partial charge in [-0.15, -0.1) is 0 Å². The first-order valence-corrected chi connectivity index (χ1v) is 3.84. The van der Waals surface area contributed by atoms with Gasteiger partial charge in [0.1, 0.15) is 0 Å². The Bertz CT molecular complexity index is 132. The first-order valence-electron chi connectivity index (χ1n) is 3.84. The zero-order chi connectivity index (χ0) is 8.10. The van der Waals surface area contributed by atoms with Gasteiger partial charge in [-0.25, -0.2) is 0 Å². The monoisotopic (exact) mass is 158 g/mol. The maximum atomic E-state index is 10.7. The van der Waals surface area contributed by atoms with Crippen molar-refractivity contribution < 1.29 is 9.53 Å². The van der Waals surface area contributed by atoms with Crippen LogP contribution in [0, 0.1) is 0 Å². The molecule has 0 aromatic rings. The van der Waals surface area contributed by atoms with Crippen LogP contribution in [0.2, 0.25) is 0 Å². The molecule has 1 aliphatic heterocycles. The highest BCUT2D eigenvalue weighted by Gasteiger charge is 2.14. The molecule has 0 aromatic carbocycles. The molecule has 0 spiro atoms. The fraction of sp³-hybridized carbons (Fsp3) is 0.857. The molecule has 0 radical (unpaired) electrons. The lowest BCUT2D eigenvalue weighted by Gasteiger charge is -2.08. The Morgan fingerprint density at radius 2 is 2.64 bits per heavy atom. The molecule has 1 heterocycles. The standard InChI is InChI=1S/C7H14N2O2/c1-11-7(10)5-9-6-2-3-8-4-6/h6,8-9H,2-5H2,1H3. The number of carbonyl (C=O) groups excluding carboxylic acids is 1. The number of methoxy groups -OCH3 is 1. The van der Waals surface area contributed by atoms with E-state index < -0.39 is 0 Å². The van der Waals surface area contributed by atoms with Crippen LogP contribution in [0.1, 0.15) is 6.42 Å². The first-order chi connectivity index (χ1) is 5.33. The topological polar surface area (TPSA) is 50.4 Å². The van der Waals surface area contributed by atoms with Gasteiger partial charge in [0.2, 0.25) is 0 Å². The van der Waals surface area contributed by atoms with Crippen molar-refractivity contribution in [1.82, 2.24) is 10.6 Å². The molecule has 1 saturated heterocycles. The van der Waals surface area contributed by atoms with Crippen molar-refractivity contribution in [3.63, 3.8) is 0 Å². The van der Waals surface area contributed by atoms with Crippen molar-refractivity contribution in [2.45, 2.75) is 12.5 Å². The summed E-state index contributed by atoms with van der Waals surface area (Å²) in [6.07, 6.45) is 1.09. The highest BCUT2D eigenvalue weighted by atomic mass is 16.5. The largest absolute Gasteiger partial charge is 0.468 e. The van der Waals surface area contributed by atoms with E-state index in [9.17, 15) is 4.79 Å². The third-order valence-electron chi connectivity index (χ3n) is 1.82. The molecular formula is C7H14N2O2. The highest BCUT2D eigenvalue weighted by molar-refractivity contribution is 5.71. The zero-order valence-corrected chi connectivity index (χ0v) is 6.72. The second-order valence-electron chi connectivity index (χ2n) is 2.65. The molecule has 1 unspecified atom stereocenters. The summed E-state index contributed by atoms with van der Waals surface area (Å²) in [4.78, 5) is 10.7. The number of hydrogen-bond donors (Lipinski definition) is 2. The van der Waals surface area contributed by atoms with Gasteiger partial charge in [0.25, 0.3) is 0 Å². The van der Waals surface area contributed by atoms with Crippen molar-refractivity contribution in [2.24, 2.45) is 0 Å². The van der Waals surface area contributed by atoms with Gasteiger partial charge < -0.3 is 15.4 Å². The molecule has 1 fully saturated rings. The third kappa shape index (κ3) is 2.86. The molecule has 4 heteroatoms. The van der Waals surface area contributed by atoms with Crippen LogP contribution >= 0.6 is 0 Å². The minimum absolute atomic E-state index is 0.197. The summed E-state index contributed by atoms with van der Waals surface area (Å²) in [6.45, 7) is 2.32. The third-order valence-corrected chi connectivity index (χ3v) is 1.82. The summed E-state index contributed by atoms with van der Waals surface area (Å²) >= 11 is 0. The lowest BCUT2D eigenvalue weighted by molar-refractivity contribution is -0.139. The lowest BCUT2D eigenvalue weighted by atomic mass is 10.3. The van der Waals surface area contributed by atoms with Gasteiger partial charge in [-0.1, -0.05) is 0 Å². The van der Waals surface area contributed by atoms with E-state index in [1.165, 1.54) is 7.11 Å². The van der Waals surface area contributed by atoms with E-state index in [2.05, 4.69) is 15.4 Å². The summed E-state index contributed by atoms with van der Waals surface area (Å²) in [5.41, 5.74) is 0. The molecule has 11 heavy (non-hydrogen) atoms. The second kappa shape index (κ2) is 4.31. The average Bonchev–Trinajstić information content (AvgIpc) is 2.52. The van der Waals surface area contributed by atoms with E-state index in [1.807, 2.05) is 0 Å². The Labute approximate surface area is 66.3 Å². The SMILES string of the molecule is COC(=O)CNC1CCNC1. The van der Waals surface area contributed by atoms with E-state index >= 15 is 0 Å². The van der Waals surface area contributed by atoms with Crippen LogP contribution in [0.15, 0.2) is 0 Å². The summed E-state index contributed by atoms with van der Waals surface area (Å²) in [5.74, 6) is -0.197. The van der Waals surface area contributed by atoms with Gasteiger partial charge in [-0.2, -0.15) is 0 Å². The number of esters is 1. The van der Waals surface area contributed by atoms with E-state index in [0.29, 0.717) is 12.6 Å². The molecule has 1 rings (SSSR count). The molecular weight excluding hydrogens is 144 g/mol. The van der Waals surface area contributed by atoms with E-state index in [1.54, 1.807) is 0 Å². The minimum atomic E-state index is -0.197. The Morgan fingerprint density at radius 1 is 1.82 bits per heavy atom. The molecule has 0 saturated carbocycles. The summed E-state index contributed by atoms with van der Waals surface area (Å²) < 4.78 is 4.49. The van der Waals surface area contributed by atoms with Gasteiger partial charge >= 0.3 is 5.97 Å². The van der Waals surface area contributed by atoms with Crippen LogP contribution < -0.4 is 10.6 Å². The molecule has 4 nitrogen and oxygen atoms in total. The summed E-state index contributed by atoms with van der Waals surface area (Å²) in [5, 5.41) is 6.29. The summed E-state index contributed by atoms with van der Waals surface area (Å²) in [6, 6.07) is 0.439. The number of rotatable bonds is 3. The molecule has 0 amide bonds. The van der Waals surface area contributed by atoms with Crippen LogP contribution in [0.3, 0.4) is 0 Å². The smallest absolute Gasteiger partial charge is 0.319 e. The molecule has 0 aromatic heterocycles. The molecule has 2 N–H and O–H groups in total. The van der Waals surface area contributed by atoms with Crippen LogP contribution in [0.25, 0.3) is 0 Å². The maximum absolute atomic E-state index is 10.7. The minimum Gasteiger partial charge on any atom is -0.468 e. The van der Waals surface area contributed by atoms with Crippen LogP contribution in [-0.4, -0.2) is 38.8 Å². The molecule has 64 valence electrons. The van der Waals surface area contributed by atoms with Crippen molar-refractivity contribution in [2.75, 3.05) is 26.7 Å². The number of ether oxygens (including phenoxy) is 1. The predicted molar refractivity (Wildman–Crippen MR) is 41.3 cm³/mol. The fourth-order valence-corrected chi connectivity index (χ4v) is 1.13. The van der Waals surface area contributed by atoms with E-state index in [0.717, 1.165) is 19.5 Å². The average molecular weight is 158 g/mol. The second-order valence-corrected chi connectivity index (χ2v) is 2.65. The normalized spacial score (nSPS) is 23.5. The Hall–Kier alpha value is -0.610. The fourth-order valence-electron chi connectivity index (χ4n) is 1.13. The zero-order valence-electron chi connectivity index (χ0n) is 6.72. The number of hydrogen-bond acceptors (Lipinski definition) is 4. The van der Waals surface area contributed by atoms with Crippen LogP contribution in [0.4, 0.5) is 0 Å². The van der Waals surface area contributed by atoms with Crippen LogP contribution in [-0.2, 0) is 9.53 Å². The van der Waals surface area contributed by atoms with Gasteiger partial charge in [-0.05, 0) is 13.0 Å².